The van der Waals surface area contributed by atoms with Crippen molar-refractivity contribution in [2.75, 3.05) is 19.6 Å². The summed E-state index contributed by atoms with van der Waals surface area (Å²) in [7, 11) is 0. The first-order valence-corrected chi connectivity index (χ1v) is 14.0. The van der Waals surface area contributed by atoms with Crippen LogP contribution >= 0.6 is 11.6 Å². The number of nitrogens with zero attached hydrogens (tertiary/aromatic N) is 3. The molecule has 186 valence electrons. The molecule has 2 aliphatic carbocycles. The molecule has 7 rings (SSSR count). The van der Waals surface area contributed by atoms with Gasteiger partial charge in [0.2, 0.25) is 0 Å². The molecule has 0 atom stereocenters. The van der Waals surface area contributed by atoms with E-state index < -0.39 is 0 Å². The Bertz CT molecular complexity index is 1420. The van der Waals surface area contributed by atoms with Gasteiger partial charge in [-0.2, -0.15) is 4.98 Å². The van der Waals surface area contributed by atoms with Crippen LogP contribution in [0.15, 0.2) is 41.2 Å². The summed E-state index contributed by atoms with van der Waals surface area (Å²) >= 11 is 6.48. The van der Waals surface area contributed by atoms with E-state index in [4.69, 9.17) is 16.6 Å². The summed E-state index contributed by atoms with van der Waals surface area (Å²) in [4.78, 5) is 31.8. The van der Waals surface area contributed by atoms with Crippen LogP contribution in [0.2, 0.25) is 5.02 Å². The van der Waals surface area contributed by atoms with Gasteiger partial charge in [-0.05, 0) is 79.9 Å². The largest absolute Gasteiger partial charge is 0.303 e. The van der Waals surface area contributed by atoms with Gasteiger partial charge in [-0.15, -0.1) is 0 Å². The van der Waals surface area contributed by atoms with Gasteiger partial charge in [0.25, 0.3) is 5.56 Å². The lowest BCUT2D eigenvalue weighted by molar-refractivity contribution is -0.127. The molecule has 1 spiro atoms. The van der Waals surface area contributed by atoms with Crippen LogP contribution in [0.3, 0.4) is 0 Å². The number of hydrogen-bond donors (Lipinski definition) is 0. The number of benzene rings is 2. The molecule has 2 aliphatic heterocycles. The van der Waals surface area contributed by atoms with E-state index >= 15 is 0 Å². The molecule has 0 radical (unpaired) electrons. The third-order valence-electron chi connectivity index (χ3n) is 9.39. The van der Waals surface area contributed by atoms with Gasteiger partial charge in [-0.3, -0.25) is 14.2 Å². The zero-order valence-corrected chi connectivity index (χ0v) is 21.4. The Morgan fingerprint density at radius 1 is 1.00 bits per heavy atom. The number of carbonyl (C=O) groups excluding carboxylic acids is 1. The summed E-state index contributed by atoms with van der Waals surface area (Å²) in [6.45, 7) is 3.30. The number of Topliss-reactive ketones (excluding diaryl/α,β-unsaturated/α-hetero) is 1. The number of piperidine rings is 1. The van der Waals surface area contributed by atoms with Crippen LogP contribution in [0.5, 0.6) is 0 Å². The van der Waals surface area contributed by atoms with Gasteiger partial charge in [-0.25, -0.2) is 0 Å². The molecule has 36 heavy (non-hydrogen) atoms. The molecule has 5 nitrogen and oxygen atoms in total. The summed E-state index contributed by atoms with van der Waals surface area (Å²) in [6, 6.07) is 12.8. The van der Waals surface area contributed by atoms with Crippen molar-refractivity contribution in [2.24, 2.45) is 5.92 Å². The van der Waals surface area contributed by atoms with E-state index in [1.54, 1.807) is 6.07 Å². The molecule has 1 aromatic heterocycles. The van der Waals surface area contributed by atoms with Crippen LogP contribution in [-0.4, -0.2) is 39.9 Å². The van der Waals surface area contributed by atoms with Crippen LogP contribution < -0.4 is 5.56 Å². The molecule has 6 heteroatoms. The fraction of sp³-hybridized carbons (Fsp3) is 0.500. The quantitative estimate of drug-likeness (QED) is 0.457. The molecule has 3 aromatic rings. The predicted octanol–water partition coefficient (Wildman–Crippen LogP) is 5.76. The minimum atomic E-state index is -0.208. The van der Waals surface area contributed by atoms with Crippen LogP contribution in [0, 0.1) is 5.92 Å². The Kier molecular flexibility index (Phi) is 5.37. The van der Waals surface area contributed by atoms with Crippen LogP contribution in [0.1, 0.15) is 80.7 Å². The van der Waals surface area contributed by atoms with Gasteiger partial charge in [0.1, 0.15) is 11.6 Å². The zero-order chi connectivity index (χ0) is 24.4. The summed E-state index contributed by atoms with van der Waals surface area (Å²) in [6.07, 6.45) is 9.53. The lowest BCUT2D eigenvalue weighted by Gasteiger charge is -2.37. The number of halogens is 1. The average Bonchev–Trinajstić information content (AvgIpc) is 3.12. The van der Waals surface area contributed by atoms with Crippen molar-refractivity contribution in [1.29, 1.82) is 0 Å². The van der Waals surface area contributed by atoms with Crippen molar-refractivity contribution in [3.05, 3.63) is 68.7 Å². The molecule has 2 saturated carbocycles. The van der Waals surface area contributed by atoms with Crippen LogP contribution in [0.25, 0.3) is 16.6 Å². The number of fused-ring (bicyclic) bond motifs is 7. The van der Waals surface area contributed by atoms with Gasteiger partial charge < -0.3 is 4.90 Å². The Morgan fingerprint density at radius 2 is 1.78 bits per heavy atom. The van der Waals surface area contributed by atoms with E-state index in [0.29, 0.717) is 28.0 Å². The first-order valence-electron chi connectivity index (χ1n) is 13.6. The maximum Gasteiger partial charge on any atom is 0.282 e. The third kappa shape index (κ3) is 3.42. The first-order chi connectivity index (χ1) is 17.5. The second-order valence-corrected chi connectivity index (χ2v) is 11.9. The summed E-state index contributed by atoms with van der Waals surface area (Å²) in [5.74, 6) is 2.48. The van der Waals surface area contributed by atoms with E-state index in [2.05, 4.69) is 27.7 Å². The van der Waals surface area contributed by atoms with Gasteiger partial charge in [0, 0.05) is 19.4 Å². The maximum atomic E-state index is 13.2. The molecule has 1 saturated heterocycles. The number of hydrogen-bond acceptors (Lipinski definition) is 4. The Hall–Kier alpha value is -2.50. The fourth-order valence-electron chi connectivity index (χ4n) is 7.47. The highest BCUT2D eigenvalue weighted by atomic mass is 35.5. The fourth-order valence-corrected chi connectivity index (χ4v) is 7.72. The minimum Gasteiger partial charge on any atom is -0.303 e. The number of likely N-dealkylation sites (tertiary alicyclic amines) is 1. The average molecular weight is 502 g/mol. The maximum absolute atomic E-state index is 13.2. The molecule has 4 aliphatic rings. The van der Waals surface area contributed by atoms with Crippen molar-refractivity contribution in [2.45, 2.75) is 69.1 Å². The minimum absolute atomic E-state index is 0.184. The van der Waals surface area contributed by atoms with E-state index in [1.807, 2.05) is 12.1 Å². The highest BCUT2D eigenvalue weighted by Crippen LogP contribution is 2.52. The molecular weight excluding hydrogens is 470 g/mol. The standard InChI is InChI=1S/C30H32ClN3O2/c31-24-5-4-6-26-27(24)28(36)32-29-30(11-2-1-3-12-30)23-17-21(7-8-25(23)34(26)29)20-9-13-33(14-10-20)18-19-15-22(35)16-19/h4-8,17,19-20H,1-3,9-16,18H2. The van der Waals surface area contributed by atoms with Crippen molar-refractivity contribution in [3.63, 3.8) is 0 Å². The number of rotatable bonds is 3. The highest BCUT2D eigenvalue weighted by molar-refractivity contribution is 6.35. The Labute approximate surface area is 216 Å². The van der Waals surface area contributed by atoms with Crippen molar-refractivity contribution >= 4 is 28.3 Å². The molecule has 0 bridgehead atoms. The summed E-state index contributed by atoms with van der Waals surface area (Å²) in [5.41, 5.74) is 4.43. The van der Waals surface area contributed by atoms with Gasteiger partial charge in [0.05, 0.1) is 27.0 Å². The number of ketones is 1. The van der Waals surface area contributed by atoms with Crippen LogP contribution in [-0.2, 0) is 10.2 Å². The molecule has 3 heterocycles. The second-order valence-electron chi connectivity index (χ2n) is 11.5. The van der Waals surface area contributed by atoms with E-state index in [9.17, 15) is 9.59 Å². The topological polar surface area (TPSA) is 55.2 Å². The van der Waals surface area contributed by atoms with E-state index in [0.717, 1.165) is 82.3 Å². The van der Waals surface area contributed by atoms with E-state index in [1.165, 1.54) is 23.2 Å². The normalized spacial score (nSPS) is 22.1. The molecule has 3 fully saturated rings. The predicted molar refractivity (Wildman–Crippen MR) is 142 cm³/mol. The first kappa shape index (κ1) is 22.7. The Morgan fingerprint density at radius 3 is 2.53 bits per heavy atom. The number of aromatic nitrogens is 2. The van der Waals surface area contributed by atoms with E-state index in [-0.39, 0.29) is 11.0 Å². The van der Waals surface area contributed by atoms with Gasteiger partial charge >= 0.3 is 0 Å². The smallest absolute Gasteiger partial charge is 0.282 e. The van der Waals surface area contributed by atoms with Gasteiger partial charge in [0.15, 0.2) is 0 Å². The zero-order valence-electron chi connectivity index (χ0n) is 20.6. The summed E-state index contributed by atoms with van der Waals surface area (Å²) < 4.78 is 2.23. The van der Waals surface area contributed by atoms with Crippen molar-refractivity contribution < 1.29 is 4.79 Å². The lowest BCUT2D eigenvalue weighted by atomic mass is 9.69. The van der Waals surface area contributed by atoms with Crippen molar-refractivity contribution in [1.82, 2.24) is 14.5 Å². The molecular formula is C30H32ClN3O2. The SMILES string of the molecule is O=C1CC(CN2CCC(c3ccc4c(c3)C3(CCCCC3)c3nc(=O)c5c(Cl)cccc5n3-4)CC2)C1. The lowest BCUT2D eigenvalue weighted by Crippen LogP contribution is -2.40. The number of carbonyl (C=O) groups is 1. The second kappa shape index (κ2) is 8.53. The highest BCUT2D eigenvalue weighted by Gasteiger charge is 2.46. The molecule has 0 amide bonds. The molecule has 0 N–H and O–H groups in total. The Balaban J connectivity index is 1.26. The molecule has 2 aromatic carbocycles. The summed E-state index contributed by atoms with van der Waals surface area (Å²) in [5, 5.41) is 0.993. The third-order valence-corrected chi connectivity index (χ3v) is 9.70. The van der Waals surface area contributed by atoms with Crippen molar-refractivity contribution in [3.8, 4) is 5.69 Å². The monoisotopic (exact) mass is 501 g/mol. The van der Waals surface area contributed by atoms with Gasteiger partial charge in [-0.1, -0.05) is 49.1 Å². The molecule has 0 unspecified atom stereocenters. The van der Waals surface area contributed by atoms with Crippen LogP contribution in [0.4, 0.5) is 0 Å².